The molecule has 82 valence electrons. The molecular weight excluding hydrogens is 278 g/mol. The summed E-state index contributed by atoms with van der Waals surface area (Å²) in [4.78, 5) is 12.0. The normalized spacial score (nSPS) is 17.7. The van der Waals surface area contributed by atoms with Crippen LogP contribution in [0.15, 0.2) is 15.9 Å². The average molecular weight is 290 g/mol. The van der Waals surface area contributed by atoms with Crippen LogP contribution in [0.2, 0.25) is 0 Å². The number of carboxylic acid groups (broad SMARTS) is 1. The van der Waals surface area contributed by atoms with Gasteiger partial charge in [0.25, 0.3) is 0 Å². The largest absolute Gasteiger partial charge is 0.481 e. The van der Waals surface area contributed by atoms with Gasteiger partial charge in [-0.15, -0.1) is 11.3 Å². The van der Waals surface area contributed by atoms with E-state index in [1.807, 2.05) is 12.1 Å². The van der Waals surface area contributed by atoms with E-state index in [1.54, 1.807) is 0 Å². The minimum Gasteiger partial charge on any atom is -0.481 e. The van der Waals surface area contributed by atoms with Gasteiger partial charge in [-0.25, -0.2) is 0 Å². The molecular formula is C10H12BrNO2S. The molecule has 0 saturated heterocycles. The third-order valence-corrected chi connectivity index (χ3v) is 4.16. The van der Waals surface area contributed by atoms with Crippen LogP contribution in [0.1, 0.15) is 23.6 Å². The molecule has 1 aromatic rings. The molecule has 1 aliphatic rings. The monoisotopic (exact) mass is 289 g/mol. The van der Waals surface area contributed by atoms with Gasteiger partial charge in [-0.05, 0) is 40.9 Å². The highest BCUT2D eigenvalue weighted by molar-refractivity contribution is 9.11. The van der Waals surface area contributed by atoms with E-state index >= 15 is 0 Å². The molecule has 15 heavy (non-hydrogen) atoms. The Kier molecular flexibility index (Phi) is 3.43. The molecule has 1 fully saturated rings. The summed E-state index contributed by atoms with van der Waals surface area (Å²) in [6.45, 7) is 0.535. The van der Waals surface area contributed by atoms with Crippen LogP contribution in [-0.2, 0) is 4.79 Å². The van der Waals surface area contributed by atoms with Gasteiger partial charge in [0.2, 0.25) is 0 Å². The molecule has 0 radical (unpaired) electrons. The van der Waals surface area contributed by atoms with E-state index in [0.717, 1.165) is 8.66 Å². The van der Waals surface area contributed by atoms with Crippen molar-refractivity contribution in [2.45, 2.75) is 24.8 Å². The molecule has 1 aromatic heterocycles. The summed E-state index contributed by atoms with van der Waals surface area (Å²) in [5.41, 5.74) is 0. The molecule has 0 bridgehead atoms. The Balaban J connectivity index is 2.01. The number of aliphatic carboxylic acids is 1. The Labute approximate surface area is 101 Å². The summed E-state index contributed by atoms with van der Waals surface area (Å²) in [6, 6.07) is 4.32. The van der Waals surface area contributed by atoms with Crippen LogP contribution in [0.3, 0.4) is 0 Å². The summed E-state index contributed by atoms with van der Waals surface area (Å²) in [5, 5.41) is 12.4. The Morgan fingerprint density at radius 3 is 2.87 bits per heavy atom. The molecule has 2 rings (SSSR count). The van der Waals surface area contributed by atoms with Gasteiger partial charge in [0.05, 0.1) is 3.79 Å². The highest BCUT2D eigenvalue weighted by Gasteiger charge is 2.26. The number of carboxylic acids is 1. The molecule has 0 amide bonds. The van der Waals surface area contributed by atoms with E-state index in [1.165, 1.54) is 24.2 Å². The fourth-order valence-corrected chi connectivity index (χ4v) is 2.91. The Bertz CT molecular complexity index is 362. The first-order valence-corrected chi connectivity index (χ1v) is 6.49. The molecule has 2 N–H and O–H groups in total. The van der Waals surface area contributed by atoms with Crippen molar-refractivity contribution in [3.63, 3.8) is 0 Å². The number of nitrogens with one attached hydrogen (secondary N) is 1. The second kappa shape index (κ2) is 4.63. The predicted octanol–water partition coefficient (Wildman–Crippen LogP) is 2.43. The Morgan fingerprint density at radius 1 is 1.67 bits per heavy atom. The van der Waals surface area contributed by atoms with Crippen molar-refractivity contribution in [3.8, 4) is 0 Å². The van der Waals surface area contributed by atoms with E-state index in [2.05, 4.69) is 21.2 Å². The molecule has 1 atom stereocenters. The van der Waals surface area contributed by atoms with Gasteiger partial charge in [0.15, 0.2) is 0 Å². The van der Waals surface area contributed by atoms with Crippen molar-refractivity contribution in [1.82, 2.24) is 5.32 Å². The van der Waals surface area contributed by atoms with Crippen LogP contribution in [0.25, 0.3) is 0 Å². The van der Waals surface area contributed by atoms with Crippen molar-refractivity contribution >= 4 is 33.2 Å². The molecule has 3 nitrogen and oxygen atoms in total. The predicted molar refractivity (Wildman–Crippen MR) is 63.4 cm³/mol. The second-order valence-electron chi connectivity index (χ2n) is 3.72. The fourth-order valence-electron chi connectivity index (χ4n) is 1.40. The van der Waals surface area contributed by atoms with Gasteiger partial charge in [-0.2, -0.15) is 0 Å². The lowest BCUT2D eigenvalue weighted by Crippen LogP contribution is -2.27. The number of rotatable bonds is 5. The van der Waals surface area contributed by atoms with Gasteiger partial charge in [-0.3, -0.25) is 4.79 Å². The van der Waals surface area contributed by atoms with E-state index < -0.39 is 11.9 Å². The van der Waals surface area contributed by atoms with E-state index in [0.29, 0.717) is 12.6 Å². The first kappa shape index (κ1) is 11.1. The molecule has 0 aromatic carbocycles. The minimum absolute atomic E-state index is 0.415. The molecule has 1 aliphatic carbocycles. The summed E-state index contributed by atoms with van der Waals surface area (Å²) in [6.07, 6.45) is 2.36. The van der Waals surface area contributed by atoms with Crippen molar-refractivity contribution in [2.24, 2.45) is 0 Å². The number of halogens is 1. The number of carbonyl (C=O) groups is 1. The van der Waals surface area contributed by atoms with Crippen molar-refractivity contribution in [2.75, 3.05) is 6.54 Å². The topological polar surface area (TPSA) is 49.3 Å². The molecule has 0 spiro atoms. The lowest BCUT2D eigenvalue weighted by atomic mass is 10.1. The fraction of sp³-hybridized carbons (Fsp3) is 0.500. The first-order valence-electron chi connectivity index (χ1n) is 4.88. The second-order valence-corrected chi connectivity index (χ2v) is 6.21. The van der Waals surface area contributed by atoms with Crippen LogP contribution >= 0.6 is 27.3 Å². The van der Waals surface area contributed by atoms with Gasteiger partial charge >= 0.3 is 5.97 Å². The maximum absolute atomic E-state index is 11.1. The third kappa shape index (κ3) is 3.03. The van der Waals surface area contributed by atoms with E-state index in [9.17, 15) is 4.79 Å². The highest BCUT2D eigenvalue weighted by atomic mass is 79.9. The van der Waals surface area contributed by atoms with Gasteiger partial charge in [-0.1, -0.05) is 0 Å². The third-order valence-electron chi connectivity index (χ3n) is 2.42. The maximum atomic E-state index is 11.1. The van der Waals surface area contributed by atoms with Crippen molar-refractivity contribution in [1.29, 1.82) is 0 Å². The van der Waals surface area contributed by atoms with Crippen LogP contribution in [0.4, 0.5) is 0 Å². The zero-order valence-corrected chi connectivity index (χ0v) is 10.5. The molecule has 1 heterocycles. The Morgan fingerprint density at radius 2 is 2.40 bits per heavy atom. The molecule has 1 unspecified atom stereocenters. The van der Waals surface area contributed by atoms with Crippen molar-refractivity contribution < 1.29 is 9.90 Å². The van der Waals surface area contributed by atoms with E-state index in [4.69, 9.17) is 5.11 Å². The molecule has 5 heteroatoms. The van der Waals surface area contributed by atoms with Crippen LogP contribution in [-0.4, -0.2) is 23.7 Å². The smallest absolute Gasteiger partial charge is 0.313 e. The van der Waals surface area contributed by atoms with Crippen LogP contribution in [0, 0.1) is 0 Å². The van der Waals surface area contributed by atoms with Crippen LogP contribution in [0.5, 0.6) is 0 Å². The standard InChI is InChI=1S/C10H12BrNO2S/c11-9-4-3-8(15-9)7(10(13)14)5-12-6-1-2-6/h3-4,6-7,12H,1-2,5H2,(H,13,14). The van der Waals surface area contributed by atoms with Crippen molar-refractivity contribution in [3.05, 3.63) is 20.8 Å². The summed E-state index contributed by atoms with van der Waals surface area (Å²) in [7, 11) is 0. The number of thiophene rings is 1. The lowest BCUT2D eigenvalue weighted by Gasteiger charge is -2.10. The first-order chi connectivity index (χ1) is 7.16. The number of hydrogen-bond donors (Lipinski definition) is 2. The number of hydrogen-bond acceptors (Lipinski definition) is 3. The van der Waals surface area contributed by atoms with Gasteiger partial charge < -0.3 is 10.4 Å². The SMILES string of the molecule is O=C(O)C(CNC1CC1)c1ccc(Br)s1. The van der Waals surface area contributed by atoms with E-state index in [-0.39, 0.29) is 0 Å². The Hall–Kier alpha value is -0.390. The highest BCUT2D eigenvalue weighted by Crippen LogP contribution is 2.29. The average Bonchev–Trinajstić information content (AvgIpc) is 2.89. The zero-order valence-electron chi connectivity index (χ0n) is 8.07. The summed E-state index contributed by atoms with van der Waals surface area (Å²) >= 11 is 4.84. The van der Waals surface area contributed by atoms with Crippen LogP contribution < -0.4 is 5.32 Å². The van der Waals surface area contributed by atoms with Gasteiger partial charge in [0, 0.05) is 17.5 Å². The lowest BCUT2D eigenvalue weighted by molar-refractivity contribution is -0.138. The molecule has 0 aliphatic heterocycles. The summed E-state index contributed by atoms with van der Waals surface area (Å²) < 4.78 is 0.982. The summed E-state index contributed by atoms with van der Waals surface area (Å²) in [5.74, 6) is -1.17. The maximum Gasteiger partial charge on any atom is 0.313 e. The molecule has 1 saturated carbocycles. The minimum atomic E-state index is -0.752. The zero-order chi connectivity index (χ0) is 10.8. The van der Waals surface area contributed by atoms with Gasteiger partial charge in [0.1, 0.15) is 5.92 Å². The quantitative estimate of drug-likeness (QED) is 0.875.